The number of β-amino-alcohol motifs (C(OH)–C–C–N with tert-alkyl or cyclic N) is 1. The number of hydrogen-bond donors (Lipinski definition) is 3. The molecule has 1 fully saturated rings. The van der Waals surface area contributed by atoms with Crippen LogP contribution in [-0.2, 0) is 0 Å². The third-order valence-corrected chi connectivity index (χ3v) is 5.56. The number of ether oxygens (including phenoxy) is 1. The van der Waals surface area contributed by atoms with Gasteiger partial charge in [0.2, 0.25) is 0 Å². The monoisotopic (exact) mass is 432 g/mol. The smallest absolute Gasteiger partial charge is 0.151 e. The molecule has 0 aliphatic carbocycles. The summed E-state index contributed by atoms with van der Waals surface area (Å²) in [5, 5.41) is 21.6. The Morgan fingerprint density at radius 3 is 2.54 bits per heavy atom. The number of nitrogens with two attached hydrogens (primary N) is 1. The van der Waals surface area contributed by atoms with Gasteiger partial charge in [-0.2, -0.15) is 0 Å². The molecule has 0 bridgehead atoms. The summed E-state index contributed by atoms with van der Waals surface area (Å²) in [6, 6.07) is 5.21. The quantitative estimate of drug-likeness (QED) is 0.643. The van der Waals surface area contributed by atoms with Crippen LogP contribution in [0, 0.1) is 18.6 Å². The molecule has 28 heavy (non-hydrogen) atoms. The predicted molar refractivity (Wildman–Crippen MR) is 105 cm³/mol. The van der Waals surface area contributed by atoms with Gasteiger partial charge in [-0.1, -0.05) is 23.2 Å². The SMILES string of the molecule is Cc1c(OC[C@]2(O)CCN(c3c(F)cc(Cl)cc3F)CC2O)ccc(Cl)c1N. The normalized spacial score (nSPS) is 22.4. The van der Waals surface area contributed by atoms with Crippen LogP contribution in [0.15, 0.2) is 24.3 Å². The van der Waals surface area contributed by atoms with Crippen molar-refractivity contribution in [1.82, 2.24) is 0 Å². The summed E-state index contributed by atoms with van der Waals surface area (Å²) >= 11 is 11.6. The molecule has 0 amide bonds. The van der Waals surface area contributed by atoms with Crippen molar-refractivity contribution in [3.05, 3.63) is 51.5 Å². The fourth-order valence-electron chi connectivity index (χ4n) is 3.21. The number of piperidine rings is 1. The largest absolute Gasteiger partial charge is 0.490 e. The molecular weight excluding hydrogens is 413 g/mol. The molecule has 1 saturated heterocycles. The van der Waals surface area contributed by atoms with E-state index in [1.165, 1.54) is 4.90 Å². The van der Waals surface area contributed by atoms with Gasteiger partial charge in [0.1, 0.15) is 29.7 Å². The van der Waals surface area contributed by atoms with Crippen LogP contribution in [0.25, 0.3) is 0 Å². The van der Waals surface area contributed by atoms with Crippen molar-refractivity contribution in [2.75, 3.05) is 30.3 Å². The van der Waals surface area contributed by atoms with Gasteiger partial charge in [0.25, 0.3) is 0 Å². The number of nitrogens with zero attached hydrogens (tertiary/aromatic N) is 1. The zero-order valence-corrected chi connectivity index (χ0v) is 16.6. The zero-order valence-electron chi connectivity index (χ0n) is 15.1. The van der Waals surface area contributed by atoms with E-state index in [4.69, 9.17) is 33.7 Å². The molecule has 0 radical (unpaired) electrons. The van der Waals surface area contributed by atoms with Gasteiger partial charge < -0.3 is 25.6 Å². The Hall–Kier alpha value is -1.80. The zero-order chi connectivity index (χ0) is 20.6. The fourth-order valence-corrected chi connectivity index (χ4v) is 3.60. The van der Waals surface area contributed by atoms with E-state index in [9.17, 15) is 19.0 Å². The maximum Gasteiger partial charge on any atom is 0.151 e. The summed E-state index contributed by atoms with van der Waals surface area (Å²) in [6.45, 7) is 1.46. The Bertz CT molecular complexity index is 877. The molecule has 5 nitrogen and oxygen atoms in total. The van der Waals surface area contributed by atoms with Gasteiger partial charge in [-0.3, -0.25) is 0 Å². The van der Waals surface area contributed by atoms with Crippen LogP contribution < -0.4 is 15.4 Å². The average Bonchev–Trinajstić information content (AvgIpc) is 2.61. The molecule has 0 aromatic heterocycles. The van der Waals surface area contributed by atoms with E-state index < -0.39 is 23.3 Å². The topological polar surface area (TPSA) is 79.0 Å². The standard InChI is InChI=1S/C19H20Cl2F2N2O3/c1-10-15(3-2-12(21)17(10)24)28-9-19(27)4-5-25(8-16(19)26)18-13(22)6-11(20)7-14(18)23/h2-3,6-7,16,26-27H,4-5,8-9,24H2,1H3/t16?,19-/m1/s1. The maximum absolute atomic E-state index is 14.1. The number of aliphatic hydroxyl groups excluding tert-OH is 1. The first-order chi connectivity index (χ1) is 13.1. The molecule has 3 rings (SSSR count). The second-order valence-electron chi connectivity index (χ2n) is 6.91. The van der Waals surface area contributed by atoms with Crippen LogP contribution >= 0.6 is 23.2 Å². The number of benzene rings is 2. The van der Waals surface area contributed by atoms with Gasteiger partial charge in [-0.25, -0.2) is 8.78 Å². The molecule has 9 heteroatoms. The highest BCUT2D eigenvalue weighted by Crippen LogP contribution is 2.34. The van der Waals surface area contributed by atoms with Crippen molar-refractivity contribution in [2.24, 2.45) is 0 Å². The lowest BCUT2D eigenvalue weighted by molar-refractivity contribution is -0.109. The number of nitrogen functional groups attached to an aromatic ring is 1. The molecule has 2 aromatic carbocycles. The van der Waals surface area contributed by atoms with Crippen LogP contribution in [0.4, 0.5) is 20.2 Å². The molecule has 1 aliphatic rings. The van der Waals surface area contributed by atoms with Crippen molar-refractivity contribution in [1.29, 1.82) is 0 Å². The molecule has 1 aliphatic heterocycles. The van der Waals surface area contributed by atoms with Crippen LogP contribution in [0.1, 0.15) is 12.0 Å². The first-order valence-corrected chi connectivity index (χ1v) is 9.35. The molecule has 2 atom stereocenters. The summed E-state index contributed by atoms with van der Waals surface area (Å²) in [7, 11) is 0. The van der Waals surface area contributed by atoms with Gasteiger partial charge in [0, 0.05) is 23.7 Å². The Morgan fingerprint density at radius 1 is 1.29 bits per heavy atom. The van der Waals surface area contributed by atoms with Gasteiger partial charge in [0.05, 0.1) is 10.7 Å². The molecule has 1 heterocycles. The average molecular weight is 433 g/mol. The van der Waals surface area contributed by atoms with Crippen LogP contribution in [0.5, 0.6) is 5.75 Å². The van der Waals surface area contributed by atoms with Crippen molar-refractivity contribution in [2.45, 2.75) is 25.0 Å². The Morgan fingerprint density at radius 2 is 1.93 bits per heavy atom. The summed E-state index contributed by atoms with van der Waals surface area (Å²) in [5.74, 6) is -1.22. The van der Waals surface area contributed by atoms with Crippen LogP contribution in [0.2, 0.25) is 10.0 Å². The van der Waals surface area contributed by atoms with E-state index in [0.717, 1.165) is 12.1 Å². The van der Waals surface area contributed by atoms with Crippen molar-refractivity contribution in [3.8, 4) is 5.75 Å². The van der Waals surface area contributed by atoms with E-state index in [-0.39, 0.29) is 36.8 Å². The number of rotatable bonds is 4. The maximum atomic E-state index is 14.1. The first-order valence-electron chi connectivity index (χ1n) is 8.59. The van der Waals surface area contributed by atoms with E-state index in [1.54, 1.807) is 19.1 Å². The van der Waals surface area contributed by atoms with Crippen LogP contribution in [0.3, 0.4) is 0 Å². The Labute approximate surface area is 171 Å². The number of halogens is 4. The minimum Gasteiger partial charge on any atom is -0.490 e. The highest BCUT2D eigenvalue weighted by molar-refractivity contribution is 6.33. The fraction of sp³-hybridized carbons (Fsp3) is 0.368. The summed E-state index contributed by atoms with van der Waals surface area (Å²) < 4.78 is 33.9. The second-order valence-corrected chi connectivity index (χ2v) is 7.75. The van der Waals surface area contributed by atoms with Crippen molar-refractivity contribution < 1.29 is 23.7 Å². The molecule has 1 unspecified atom stereocenters. The molecule has 4 N–H and O–H groups in total. The minimum atomic E-state index is -1.59. The lowest BCUT2D eigenvalue weighted by atomic mass is 9.89. The van der Waals surface area contributed by atoms with E-state index >= 15 is 0 Å². The first kappa shape index (κ1) is 20.9. The highest BCUT2D eigenvalue weighted by atomic mass is 35.5. The molecule has 0 spiro atoms. The third-order valence-electron chi connectivity index (χ3n) is 5.02. The van der Waals surface area contributed by atoms with Gasteiger partial charge in [-0.15, -0.1) is 0 Å². The summed E-state index contributed by atoms with van der Waals surface area (Å²) in [4.78, 5) is 1.34. The third kappa shape index (κ3) is 3.98. The molecule has 0 saturated carbocycles. The van der Waals surface area contributed by atoms with Crippen molar-refractivity contribution >= 4 is 34.6 Å². The van der Waals surface area contributed by atoms with E-state index in [2.05, 4.69) is 0 Å². The highest BCUT2D eigenvalue weighted by Gasteiger charge is 2.42. The van der Waals surface area contributed by atoms with Crippen LogP contribution in [-0.4, -0.2) is 41.6 Å². The predicted octanol–water partition coefficient (Wildman–Crippen LogP) is 3.54. The van der Waals surface area contributed by atoms with Gasteiger partial charge in [0.15, 0.2) is 11.6 Å². The molecular formula is C19H20Cl2F2N2O3. The lowest BCUT2D eigenvalue weighted by Gasteiger charge is -2.42. The number of anilines is 2. The molecule has 152 valence electrons. The summed E-state index contributed by atoms with van der Waals surface area (Å²) in [5.41, 5.74) is 4.98. The lowest BCUT2D eigenvalue weighted by Crippen LogP contribution is -2.58. The van der Waals surface area contributed by atoms with Gasteiger partial charge >= 0.3 is 0 Å². The van der Waals surface area contributed by atoms with E-state index in [0.29, 0.717) is 22.0 Å². The Kier molecular flexibility index (Phi) is 5.91. The second kappa shape index (κ2) is 7.91. The number of aliphatic hydroxyl groups is 2. The summed E-state index contributed by atoms with van der Waals surface area (Å²) in [6.07, 6.45) is -1.25. The molecule has 2 aromatic rings. The van der Waals surface area contributed by atoms with Gasteiger partial charge in [-0.05, 0) is 37.6 Å². The minimum absolute atomic E-state index is 0.0395. The van der Waals surface area contributed by atoms with Crippen molar-refractivity contribution in [3.63, 3.8) is 0 Å². The number of hydrogen-bond acceptors (Lipinski definition) is 5. The van der Waals surface area contributed by atoms with E-state index in [1.807, 2.05) is 0 Å². The Balaban J connectivity index is 1.72.